The first kappa shape index (κ1) is 16.9. The number of hydrogen-bond acceptors (Lipinski definition) is 4. The molecule has 3 aromatic rings. The van der Waals surface area contributed by atoms with E-state index >= 15 is 0 Å². The van der Waals surface area contributed by atoms with Crippen LogP contribution in [-0.2, 0) is 5.75 Å². The number of nitro benzene ring substituents is 1. The second-order valence-corrected chi connectivity index (χ2v) is 6.43. The molecule has 0 aliphatic heterocycles. The average Bonchev–Trinajstić information content (AvgIpc) is 2.67. The molecule has 0 N–H and O–H groups in total. The van der Waals surface area contributed by atoms with Crippen LogP contribution in [-0.4, -0.2) is 10.7 Å². The van der Waals surface area contributed by atoms with Gasteiger partial charge in [0.2, 0.25) is 0 Å². The van der Waals surface area contributed by atoms with Gasteiger partial charge in [0.15, 0.2) is 5.78 Å². The summed E-state index contributed by atoms with van der Waals surface area (Å²) in [5, 5.41) is 11.3. The maximum Gasteiger partial charge on any atom is 0.282 e. The normalized spacial score (nSPS) is 10.4. The highest BCUT2D eigenvalue weighted by Crippen LogP contribution is 2.33. The highest BCUT2D eigenvalue weighted by molar-refractivity contribution is 7.98. The first-order valence-electron chi connectivity index (χ1n) is 7.70. The minimum absolute atomic E-state index is 0.0190. The van der Waals surface area contributed by atoms with Crippen molar-refractivity contribution in [3.05, 3.63) is 106 Å². The molecule has 5 heteroatoms. The van der Waals surface area contributed by atoms with Crippen LogP contribution in [0, 0.1) is 10.1 Å². The van der Waals surface area contributed by atoms with Crippen LogP contribution in [0.2, 0.25) is 0 Å². The van der Waals surface area contributed by atoms with E-state index in [9.17, 15) is 14.9 Å². The fraction of sp³-hybridized carbons (Fsp3) is 0.0500. The van der Waals surface area contributed by atoms with E-state index in [1.807, 2.05) is 36.4 Å². The third-order valence-electron chi connectivity index (χ3n) is 3.69. The number of ketones is 1. The number of carbonyl (C=O) groups is 1. The number of nitro groups is 1. The Morgan fingerprint density at radius 1 is 0.880 bits per heavy atom. The van der Waals surface area contributed by atoms with Crippen LogP contribution >= 0.6 is 11.8 Å². The molecule has 25 heavy (non-hydrogen) atoms. The molecule has 0 saturated heterocycles. The molecule has 0 heterocycles. The lowest BCUT2D eigenvalue weighted by molar-refractivity contribution is -0.387. The van der Waals surface area contributed by atoms with Crippen LogP contribution in [0.15, 0.2) is 83.8 Å². The zero-order valence-electron chi connectivity index (χ0n) is 13.3. The van der Waals surface area contributed by atoms with Crippen LogP contribution in [0.4, 0.5) is 5.69 Å². The molecular formula is C20H15NO3S. The molecule has 0 radical (unpaired) electrons. The monoisotopic (exact) mass is 349 g/mol. The fourth-order valence-electron chi connectivity index (χ4n) is 2.41. The highest BCUT2D eigenvalue weighted by Gasteiger charge is 2.18. The molecule has 0 fully saturated rings. The Morgan fingerprint density at radius 2 is 1.52 bits per heavy atom. The molecule has 3 aromatic carbocycles. The Bertz CT molecular complexity index is 895. The van der Waals surface area contributed by atoms with E-state index in [-0.39, 0.29) is 11.5 Å². The summed E-state index contributed by atoms with van der Waals surface area (Å²) in [4.78, 5) is 23.9. The van der Waals surface area contributed by atoms with Crippen molar-refractivity contribution in [1.82, 2.24) is 0 Å². The molecule has 0 atom stereocenters. The van der Waals surface area contributed by atoms with Crippen molar-refractivity contribution >= 4 is 23.2 Å². The Labute approximate surface area is 149 Å². The van der Waals surface area contributed by atoms with Gasteiger partial charge >= 0.3 is 0 Å². The second-order valence-electron chi connectivity index (χ2n) is 5.41. The molecule has 0 aromatic heterocycles. The van der Waals surface area contributed by atoms with Gasteiger partial charge in [0.25, 0.3) is 5.69 Å². The van der Waals surface area contributed by atoms with Crippen LogP contribution in [0.1, 0.15) is 21.5 Å². The van der Waals surface area contributed by atoms with Gasteiger partial charge in [0.1, 0.15) is 0 Å². The summed E-state index contributed by atoms with van der Waals surface area (Å²) in [6.45, 7) is 0. The van der Waals surface area contributed by atoms with E-state index in [4.69, 9.17) is 0 Å². The number of benzene rings is 3. The SMILES string of the molecule is O=C(c1ccccc1)c1ccc([N+](=O)[O-])c(SCc2ccccc2)c1. The molecule has 0 aliphatic carbocycles. The molecule has 0 saturated carbocycles. The fourth-order valence-corrected chi connectivity index (χ4v) is 3.43. The van der Waals surface area contributed by atoms with Crippen molar-refractivity contribution in [2.24, 2.45) is 0 Å². The van der Waals surface area contributed by atoms with Gasteiger partial charge in [-0.15, -0.1) is 11.8 Å². The molecule has 0 unspecified atom stereocenters. The largest absolute Gasteiger partial charge is 0.289 e. The number of nitrogens with zero attached hydrogens (tertiary/aromatic N) is 1. The van der Waals surface area contributed by atoms with Crippen LogP contribution in [0.5, 0.6) is 0 Å². The minimum atomic E-state index is -0.413. The Balaban J connectivity index is 1.89. The van der Waals surface area contributed by atoms with Gasteiger partial charge in [0, 0.05) is 22.9 Å². The van der Waals surface area contributed by atoms with Crippen molar-refractivity contribution in [1.29, 1.82) is 0 Å². The van der Waals surface area contributed by atoms with E-state index < -0.39 is 4.92 Å². The van der Waals surface area contributed by atoms with Crippen molar-refractivity contribution in [3.63, 3.8) is 0 Å². The van der Waals surface area contributed by atoms with E-state index in [1.54, 1.807) is 30.3 Å². The number of carbonyl (C=O) groups excluding carboxylic acids is 1. The van der Waals surface area contributed by atoms with Crippen molar-refractivity contribution < 1.29 is 9.72 Å². The molecular weight excluding hydrogens is 334 g/mol. The maximum atomic E-state index is 12.6. The third kappa shape index (κ3) is 4.14. The highest BCUT2D eigenvalue weighted by atomic mass is 32.2. The topological polar surface area (TPSA) is 60.2 Å². The molecule has 0 amide bonds. The first-order valence-corrected chi connectivity index (χ1v) is 8.68. The van der Waals surface area contributed by atoms with Gasteiger partial charge in [-0.05, 0) is 17.7 Å². The predicted molar refractivity (Wildman–Crippen MR) is 99.0 cm³/mol. The molecule has 0 spiro atoms. The molecule has 3 rings (SSSR count). The molecule has 124 valence electrons. The average molecular weight is 349 g/mol. The van der Waals surface area contributed by atoms with Gasteiger partial charge in [-0.25, -0.2) is 0 Å². The summed E-state index contributed by atoms with van der Waals surface area (Å²) in [6, 6.07) is 23.2. The lowest BCUT2D eigenvalue weighted by Crippen LogP contribution is -2.02. The Kier molecular flexibility index (Phi) is 5.26. The summed E-state index contributed by atoms with van der Waals surface area (Å²) in [7, 11) is 0. The van der Waals surface area contributed by atoms with E-state index in [2.05, 4.69) is 0 Å². The van der Waals surface area contributed by atoms with Crippen molar-refractivity contribution in [3.8, 4) is 0 Å². The second kappa shape index (κ2) is 7.77. The van der Waals surface area contributed by atoms with Crippen molar-refractivity contribution in [2.45, 2.75) is 10.6 Å². The smallest absolute Gasteiger partial charge is 0.282 e. The molecule has 0 aliphatic rings. The van der Waals surface area contributed by atoms with E-state index in [0.717, 1.165) is 5.56 Å². The third-order valence-corrected chi connectivity index (χ3v) is 4.81. The van der Waals surface area contributed by atoms with Gasteiger partial charge in [-0.2, -0.15) is 0 Å². The van der Waals surface area contributed by atoms with Gasteiger partial charge < -0.3 is 0 Å². The zero-order valence-corrected chi connectivity index (χ0v) is 14.1. The summed E-state index contributed by atoms with van der Waals surface area (Å²) in [6.07, 6.45) is 0. The predicted octanol–water partition coefficient (Wildman–Crippen LogP) is 5.12. The summed E-state index contributed by atoms with van der Waals surface area (Å²) >= 11 is 1.36. The van der Waals surface area contributed by atoms with E-state index in [1.165, 1.54) is 23.9 Å². The molecule has 0 bridgehead atoms. The van der Waals surface area contributed by atoms with E-state index in [0.29, 0.717) is 21.8 Å². The number of thioether (sulfide) groups is 1. The standard InChI is InChI=1S/C20H15NO3S/c22-20(16-9-5-2-6-10-16)17-11-12-18(21(23)24)19(13-17)25-14-15-7-3-1-4-8-15/h1-13H,14H2. The summed E-state index contributed by atoms with van der Waals surface area (Å²) < 4.78 is 0. The summed E-state index contributed by atoms with van der Waals surface area (Å²) in [5.74, 6) is 0.460. The summed E-state index contributed by atoms with van der Waals surface area (Å²) in [5.41, 5.74) is 2.11. The van der Waals surface area contributed by atoms with Crippen LogP contribution in [0.3, 0.4) is 0 Å². The van der Waals surface area contributed by atoms with Gasteiger partial charge in [-0.1, -0.05) is 60.7 Å². The van der Waals surface area contributed by atoms with Crippen LogP contribution < -0.4 is 0 Å². The zero-order chi connectivity index (χ0) is 17.6. The lowest BCUT2D eigenvalue weighted by atomic mass is 10.0. The Morgan fingerprint density at radius 3 is 2.16 bits per heavy atom. The Hall–Kier alpha value is -2.92. The first-order chi connectivity index (χ1) is 12.1. The quantitative estimate of drug-likeness (QED) is 0.268. The van der Waals surface area contributed by atoms with Gasteiger partial charge in [-0.3, -0.25) is 14.9 Å². The number of hydrogen-bond donors (Lipinski definition) is 0. The maximum absolute atomic E-state index is 12.6. The van der Waals surface area contributed by atoms with Crippen molar-refractivity contribution in [2.75, 3.05) is 0 Å². The minimum Gasteiger partial charge on any atom is -0.289 e. The lowest BCUT2D eigenvalue weighted by Gasteiger charge is -2.07. The molecule has 4 nitrogen and oxygen atoms in total. The van der Waals surface area contributed by atoms with Crippen LogP contribution in [0.25, 0.3) is 0 Å². The van der Waals surface area contributed by atoms with Gasteiger partial charge in [0.05, 0.1) is 9.82 Å². The number of rotatable bonds is 6.